The summed E-state index contributed by atoms with van der Waals surface area (Å²) < 4.78 is 10.8. The van der Waals surface area contributed by atoms with E-state index in [4.69, 9.17) is 32.7 Å². The Morgan fingerprint density at radius 3 is 2.17 bits per heavy atom. The fourth-order valence-corrected chi connectivity index (χ4v) is 4.66. The van der Waals surface area contributed by atoms with Gasteiger partial charge in [0.2, 0.25) is 5.60 Å². The van der Waals surface area contributed by atoms with Gasteiger partial charge in [-0.1, -0.05) is 59.6 Å². The second-order valence-electron chi connectivity index (χ2n) is 9.27. The molecular weight excluding hydrogens is 489 g/mol. The number of fused-ring (bicyclic) bond motifs is 3. The van der Waals surface area contributed by atoms with E-state index in [0.717, 1.165) is 0 Å². The molecule has 182 valence electrons. The summed E-state index contributed by atoms with van der Waals surface area (Å²) in [5.74, 6) is -0.946. The third-order valence-corrected chi connectivity index (χ3v) is 6.28. The van der Waals surface area contributed by atoms with Gasteiger partial charge in [0.15, 0.2) is 0 Å². The molecule has 0 spiro atoms. The number of ether oxygens (including phenoxy) is 2. The number of halogens is 2. The van der Waals surface area contributed by atoms with Crippen molar-refractivity contribution in [2.24, 2.45) is 0 Å². The van der Waals surface area contributed by atoms with E-state index in [1.807, 2.05) is 12.1 Å². The molecule has 0 saturated heterocycles. The quantitative estimate of drug-likeness (QED) is 0.403. The minimum absolute atomic E-state index is 0.201. The van der Waals surface area contributed by atoms with Gasteiger partial charge in [0.25, 0.3) is 0 Å². The predicted octanol–water partition coefficient (Wildman–Crippen LogP) is 6.52. The summed E-state index contributed by atoms with van der Waals surface area (Å²) in [6.45, 7) is 5.24. The van der Waals surface area contributed by atoms with Crippen LogP contribution in [-0.4, -0.2) is 29.9 Å². The summed E-state index contributed by atoms with van der Waals surface area (Å²) in [4.78, 5) is 28.4. The monoisotopic (exact) mass is 513 g/mol. The molecule has 8 heteroatoms. The zero-order chi connectivity index (χ0) is 25.5. The lowest BCUT2D eigenvalue weighted by Crippen LogP contribution is -2.54. The van der Waals surface area contributed by atoms with E-state index in [9.17, 15) is 14.7 Å². The predicted molar refractivity (Wildman–Crippen MR) is 136 cm³/mol. The molecule has 1 amide bonds. The fourth-order valence-electron chi connectivity index (χ4n) is 4.36. The van der Waals surface area contributed by atoms with Crippen molar-refractivity contribution < 1.29 is 24.2 Å². The zero-order valence-electron chi connectivity index (χ0n) is 19.7. The number of benzene rings is 3. The van der Waals surface area contributed by atoms with Crippen molar-refractivity contribution in [2.75, 3.05) is 12.0 Å². The summed E-state index contributed by atoms with van der Waals surface area (Å²) >= 11 is 12.4. The minimum atomic E-state index is -2.31. The van der Waals surface area contributed by atoms with Gasteiger partial charge >= 0.3 is 12.1 Å². The lowest BCUT2D eigenvalue weighted by Gasteiger charge is -2.45. The lowest BCUT2D eigenvalue weighted by atomic mass is 9.76. The standard InChI is InChI=1S/C27H25Cl2NO5/c1-26(2,3)35-25(32)30-22-8-6-5-7-19(22)21-15-18(29)13-14-20(21)23(30)27(33,24(31)34-4)16-9-11-17(28)12-10-16/h5-15,23,33H,1-4H3/t23?,27-/m0/s1. The third kappa shape index (κ3) is 4.49. The molecule has 1 unspecified atom stereocenters. The fraction of sp³-hybridized carbons (Fsp3) is 0.259. The Hall–Kier alpha value is -3.06. The first-order chi connectivity index (χ1) is 16.5. The van der Waals surface area contributed by atoms with Crippen molar-refractivity contribution in [1.29, 1.82) is 0 Å². The van der Waals surface area contributed by atoms with Crippen LogP contribution in [0.1, 0.15) is 37.9 Å². The Balaban J connectivity index is 2.06. The molecule has 6 nitrogen and oxygen atoms in total. The molecule has 0 bridgehead atoms. The Morgan fingerprint density at radius 1 is 0.914 bits per heavy atom. The number of hydrogen-bond donors (Lipinski definition) is 1. The third-order valence-electron chi connectivity index (χ3n) is 5.79. The van der Waals surface area contributed by atoms with Crippen molar-refractivity contribution in [3.63, 3.8) is 0 Å². The summed E-state index contributed by atoms with van der Waals surface area (Å²) in [5.41, 5.74) is -0.607. The van der Waals surface area contributed by atoms with Crippen molar-refractivity contribution >= 4 is 41.0 Å². The number of hydrogen-bond acceptors (Lipinski definition) is 5. The molecule has 0 fully saturated rings. The molecule has 1 heterocycles. The van der Waals surface area contributed by atoms with Crippen LogP contribution in [0.5, 0.6) is 0 Å². The van der Waals surface area contributed by atoms with E-state index >= 15 is 0 Å². The molecule has 3 aromatic carbocycles. The Kier molecular flexibility index (Phi) is 6.58. The van der Waals surface area contributed by atoms with Crippen LogP contribution in [-0.2, 0) is 19.9 Å². The van der Waals surface area contributed by atoms with Crippen LogP contribution in [0.4, 0.5) is 10.5 Å². The van der Waals surface area contributed by atoms with Gasteiger partial charge in [-0.2, -0.15) is 0 Å². The molecule has 3 aromatic rings. The number of aliphatic hydroxyl groups is 1. The molecule has 0 saturated carbocycles. The van der Waals surface area contributed by atoms with Gasteiger partial charge < -0.3 is 14.6 Å². The molecule has 0 aromatic heterocycles. The van der Waals surface area contributed by atoms with Crippen LogP contribution in [0.2, 0.25) is 10.0 Å². The number of esters is 1. The van der Waals surface area contributed by atoms with Crippen molar-refractivity contribution in [1.82, 2.24) is 0 Å². The van der Waals surface area contributed by atoms with Crippen LogP contribution in [0, 0.1) is 0 Å². The maximum Gasteiger partial charge on any atom is 0.415 e. The van der Waals surface area contributed by atoms with E-state index in [2.05, 4.69) is 0 Å². The van der Waals surface area contributed by atoms with Crippen LogP contribution >= 0.6 is 23.2 Å². The van der Waals surface area contributed by atoms with Gasteiger partial charge in [0.05, 0.1) is 12.8 Å². The Labute approximate surface area is 214 Å². The summed E-state index contributed by atoms with van der Waals surface area (Å²) in [5, 5.41) is 13.1. The minimum Gasteiger partial charge on any atom is -0.467 e. The molecular formula is C27H25Cl2NO5. The van der Waals surface area contributed by atoms with E-state index in [1.54, 1.807) is 63.2 Å². The Morgan fingerprint density at radius 2 is 1.54 bits per heavy atom. The molecule has 2 atom stereocenters. The first-order valence-corrected chi connectivity index (χ1v) is 11.7. The molecule has 1 aliphatic rings. The average molecular weight is 514 g/mol. The SMILES string of the molecule is COC(=O)[C@](O)(c1ccc(Cl)cc1)C1c2ccc(Cl)cc2-c2ccccc2N1C(=O)OC(C)(C)C. The second-order valence-corrected chi connectivity index (χ2v) is 10.1. The van der Waals surface area contributed by atoms with Crippen LogP contribution in [0.25, 0.3) is 11.1 Å². The highest BCUT2D eigenvalue weighted by molar-refractivity contribution is 6.31. The molecule has 1 N–H and O–H groups in total. The topological polar surface area (TPSA) is 76.1 Å². The number of carbonyl (C=O) groups is 2. The van der Waals surface area contributed by atoms with E-state index in [0.29, 0.717) is 32.4 Å². The first-order valence-electron chi connectivity index (χ1n) is 10.9. The molecule has 0 radical (unpaired) electrons. The lowest BCUT2D eigenvalue weighted by molar-refractivity contribution is -0.166. The Bertz CT molecular complexity index is 1290. The van der Waals surface area contributed by atoms with Gasteiger partial charge in [-0.3, -0.25) is 4.90 Å². The van der Waals surface area contributed by atoms with Crippen molar-refractivity contribution in [2.45, 2.75) is 38.0 Å². The molecule has 35 heavy (non-hydrogen) atoms. The van der Waals surface area contributed by atoms with Gasteiger partial charge in [-0.05, 0) is 67.8 Å². The number of anilines is 1. The highest BCUT2D eigenvalue weighted by Crippen LogP contribution is 2.52. The van der Waals surface area contributed by atoms with E-state index in [1.165, 1.54) is 24.1 Å². The number of nitrogens with zero attached hydrogens (tertiary/aromatic N) is 1. The number of rotatable bonds is 3. The summed E-state index contributed by atoms with van der Waals surface area (Å²) in [6.07, 6.45) is -0.730. The van der Waals surface area contributed by atoms with Crippen molar-refractivity contribution in [3.8, 4) is 11.1 Å². The largest absolute Gasteiger partial charge is 0.467 e. The number of para-hydroxylation sites is 1. The normalized spacial score (nSPS) is 16.5. The van der Waals surface area contributed by atoms with Crippen LogP contribution in [0.15, 0.2) is 66.7 Å². The molecule has 4 rings (SSSR count). The summed E-state index contributed by atoms with van der Waals surface area (Å²) in [6, 6.07) is 17.2. The van der Waals surface area contributed by atoms with Crippen LogP contribution in [0.3, 0.4) is 0 Å². The highest BCUT2D eigenvalue weighted by Gasteiger charge is 2.55. The maximum atomic E-state index is 13.7. The maximum absolute atomic E-state index is 13.7. The first kappa shape index (κ1) is 25.0. The highest BCUT2D eigenvalue weighted by atomic mass is 35.5. The van der Waals surface area contributed by atoms with Gasteiger partial charge in [-0.15, -0.1) is 0 Å². The zero-order valence-corrected chi connectivity index (χ0v) is 21.2. The van der Waals surface area contributed by atoms with E-state index in [-0.39, 0.29) is 5.56 Å². The van der Waals surface area contributed by atoms with E-state index < -0.39 is 29.3 Å². The number of methoxy groups -OCH3 is 1. The molecule has 1 aliphatic heterocycles. The van der Waals surface area contributed by atoms with Crippen LogP contribution < -0.4 is 4.90 Å². The second kappa shape index (κ2) is 9.19. The number of amides is 1. The van der Waals surface area contributed by atoms with Gasteiger partial charge in [0.1, 0.15) is 11.6 Å². The smallest absolute Gasteiger partial charge is 0.415 e. The number of carbonyl (C=O) groups excluding carboxylic acids is 2. The van der Waals surface area contributed by atoms with Crippen molar-refractivity contribution in [3.05, 3.63) is 87.9 Å². The molecule has 0 aliphatic carbocycles. The average Bonchev–Trinajstić information content (AvgIpc) is 2.81. The van der Waals surface area contributed by atoms with Gasteiger partial charge in [0, 0.05) is 15.6 Å². The van der Waals surface area contributed by atoms with Gasteiger partial charge in [-0.25, -0.2) is 9.59 Å². The summed E-state index contributed by atoms with van der Waals surface area (Å²) in [7, 11) is 1.18.